The van der Waals surface area contributed by atoms with E-state index in [9.17, 15) is 0 Å². The van der Waals surface area contributed by atoms with Gasteiger partial charge in [0, 0.05) is 45.8 Å². The second kappa shape index (κ2) is 10.5. The van der Waals surface area contributed by atoms with Crippen molar-refractivity contribution in [1.29, 1.82) is 0 Å². The SMILES string of the molecule is CCCOc1ccc(CNC(=NC)N2CCC(N3CCOCC3)C2)cc1OC. The highest BCUT2D eigenvalue weighted by Crippen LogP contribution is 2.28. The van der Waals surface area contributed by atoms with E-state index in [0.717, 1.165) is 68.8 Å². The number of aliphatic imine (C=N–C) groups is 1. The topological polar surface area (TPSA) is 58.6 Å². The lowest BCUT2D eigenvalue weighted by molar-refractivity contribution is 0.0195. The summed E-state index contributed by atoms with van der Waals surface area (Å²) < 4.78 is 16.7. The summed E-state index contributed by atoms with van der Waals surface area (Å²) in [6.45, 7) is 9.33. The molecule has 7 heteroatoms. The third-order valence-corrected chi connectivity index (χ3v) is 5.38. The van der Waals surface area contributed by atoms with Gasteiger partial charge in [0.1, 0.15) is 0 Å². The van der Waals surface area contributed by atoms with Gasteiger partial charge in [-0.1, -0.05) is 13.0 Å². The number of morpholine rings is 1. The molecule has 1 aromatic carbocycles. The average molecular weight is 391 g/mol. The van der Waals surface area contributed by atoms with Crippen LogP contribution in [0.5, 0.6) is 11.5 Å². The van der Waals surface area contributed by atoms with E-state index in [4.69, 9.17) is 14.2 Å². The molecule has 28 heavy (non-hydrogen) atoms. The minimum Gasteiger partial charge on any atom is -0.493 e. The van der Waals surface area contributed by atoms with Gasteiger partial charge in [-0.05, 0) is 30.5 Å². The number of benzene rings is 1. The molecule has 0 bridgehead atoms. The molecule has 1 unspecified atom stereocenters. The Morgan fingerprint density at radius 1 is 1.25 bits per heavy atom. The van der Waals surface area contributed by atoms with Gasteiger partial charge >= 0.3 is 0 Å². The number of hydrogen-bond acceptors (Lipinski definition) is 5. The van der Waals surface area contributed by atoms with Crippen molar-refractivity contribution in [2.45, 2.75) is 32.4 Å². The van der Waals surface area contributed by atoms with Crippen molar-refractivity contribution in [1.82, 2.24) is 15.1 Å². The van der Waals surface area contributed by atoms with Gasteiger partial charge in [-0.25, -0.2) is 0 Å². The van der Waals surface area contributed by atoms with Crippen LogP contribution in [-0.4, -0.2) is 82.0 Å². The number of likely N-dealkylation sites (tertiary alicyclic amines) is 1. The predicted octanol–water partition coefficient (Wildman–Crippen LogP) is 1.97. The van der Waals surface area contributed by atoms with Crippen LogP contribution in [0.1, 0.15) is 25.3 Å². The first-order chi connectivity index (χ1) is 13.7. The Morgan fingerprint density at radius 2 is 2.07 bits per heavy atom. The summed E-state index contributed by atoms with van der Waals surface area (Å²) in [6, 6.07) is 6.69. The van der Waals surface area contributed by atoms with Gasteiger partial charge < -0.3 is 24.4 Å². The first kappa shape index (κ1) is 20.7. The third-order valence-electron chi connectivity index (χ3n) is 5.38. The molecule has 2 fully saturated rings. The minimum atomic E-state index is 0.595. The summed E-state index contributed by atoms with van der Waals surface area (Å²) in [7, 11) is 3.53. The van der Waals surface area contributed by atoms with Crippen LogP contribution < -0.4 is 14.8 Å². The van der Waals surface area contributed by atoms with Crippen LogP contribution in [0, 0.1) is 0 Å². The van der Waals surface area contributed by atoms with Crippen molar-refractivity contribution in [2.24, 2.45) is 4.99 Å². The number of nitrogens with zero attached hydrogens (tertiary/aromatic N) is 3. The molecule has 1 N–H and O–H groups in total. The van der Waals surface area contributed by atoms with Crippen LogP contribution in [0.3, 0.4) is 0 Å². The second-order valence-electron chi connectivity index (χ2n) is 7.27. The van der Waals surface area contributed by atoms with Gasteiger partial charge in [-0.15, -0.1) is 0 Å². The zero-order valence-corrected chi connectivity index (χ0v) is 17.4. The van der Waals surface area contributed by atoms with Crippen LogP contribution in [0.15, 0.2) is 23.2 Å². The number of methoxy groups -OCH3 is 1. The summed E-state index contributed by atoms with van der Waals surface area (Å²) in [5, 5.41) is 3.50. The molecule has 3 rings (SSSR count). The number of nitrogens with one attached hydrogen (secondary N) is 1. The maximum atomic E-state index is 5.74. The van der Waals surface area contributed by atoms with Crippen LogP contribution >= 0.6 is 0 Å². The van der Waals surface area contributed by atoms with E-state index in [-0.39, 0.29) is 0 Å². The van der Waals surface area contributed by atoms with Crippen molar-refractivity contribution in [3.8, 4) is 11.5 Å². The highest BCUT2D eigenvalue weighted by Gasteiger charge is 2.30. The van der Waals surface area contributed by atoms with Gasteiger partial charge in [0.05, 0.1) is 26.9 Å². The maximum absolute atomic E-state index is 5.74. The van der Waals surface area contributed by atoms with Crippen LogP contribution in [0.25, 0.3) is 0 Å². The largest absolute Gasteiger partial charge is 0.493 e. The van der Waals surface area contributed by atoms with E-state index in [1.165, 1.54) is 6.42 Å². The molecule has 2 heterocycles. The van der Waals surface area contributed by atoms with Crippen molar-refractivity contribution < 1.29 is 14.2 Å². The fraction of sp³-hybridized carbons (Fsp3) is 0.667. The highest BCUT2D eigenvalue weighted by atomic mass is 16.5. The molecule has 0 aliphatic carbocycles. The van der Waals surface area contributed by atoms with Crippen molar-refractivity contribution in [2.75, 3.05) is 60.2 Å². The molecule has 1 aromatic rings. The molecule has 7 nitrogen and oxygen atoms in total. The molecule has 1 atom stereocenters. The van der Waals surface area contributed by atoms with Gasteiger partial charge in [0.15, 0.2) is 17.5 Å². The van der Waals surface area contributed by atoms with Gasteiger partial charge in [-0.2, -0.15) is 0 Å². The summed E-state index contributed by atoms with van der Waals surface area (Å²) in [5.41, 5.74) is 1.14. The fourth-order valence-electron chi connectivity index (χ4n) is 3.84. The quantitative estimate of drug-likeness (QED) is 0.567. The molecule has 2 aliphatic heterocycles. The Labute approximate surface area is 168 Å². The highest BCUT2D eigenvalue weighted by molar-refractivity contribution is 5.80. The lowest BCUT2D eigenvalue weighted by Crippen LogP contribution is -2.46. The molecule has 2 saturated heterocycles. The monoisotopic (exact) mass is 390 g/mol. The molecule has 0 spiro atoms. The van der Waals surface area contributed by atoms with Gasteiger partial charge in [0.25, 0.3) is 0 Å². The smallest absolute Gasteiger partial charge is 0.193 e. The average Bonchev–Trinajstić information content (AvgIpc) is 3.23. The van der Waals surface area contributed by atoms with E-state index in [2.05, 4.69) is 33.1 Å². The first-order valence-electron chi connectivity index (χ1n) is 10.3. The van der Waals surface area contributed by atoms with Gasteiger partial charge in [0.2, 0.25) is 0 Å². The predicted molar refractivity (Wildman–Crippen MR) is 111 cm³/mol. The van der Waals surface area contributed by atoms with Crippen LogP contribution in [-0.2, 0) is 11.3 Å². The summed E-state index contributed by atoms with van der Waals surface area (Å²) in [4.78, 5) is 9.41. The molecule has 2 aliphatic rings. The van der Waals surface area contributed by atoms with Crippen molar-refractivity contribution in [3.05, 3.63) is 23.8 Å². The van der Waals surface area contributed by atoms with Crippen LogP contribution in [0.4, 0.5) is 0 Å². The Balaban J connectivity index is 1.54. The standard InChI is InChI=1S/C21H34N4O3/c1-4-11-28-19-6-5-17(14-20(19)26-3)15-23-21(22-2)25-8-7-18(16-25)24-9-12-27-13-10-24/h5-6,14,18H,4,7-13,15-16H2,1-3H3,(H,22,23). The third kappa shape index (κ3) is 5.29. The van der Waals surface area contributed by atoms with E-state index in [0.29, 0.717) is 19.2 Å². The summed E-state index contributed by atoms with van der Waals surface area (Å²) >= 11 is 0. The summed E-state index contributed by atoms with van der Waals surface area (Å²) in [5.74, 6) is 2.53. The first-order valence-corrected chi connectivity index (χ1v) is 10.3. The number of rotatable bonds is 7. The van der Waals surface area contributed by atoms with E-state index in [1.807, 2.05) is 19.2 Å². The van der Waals surface area contributed by atoms with Gasteiger partial charge in [-0.3, -0.25) is 9.89 Å². The molecule has 0 amide bonds. The fourth-order valence-corrected chi connectivity index (χ4v) is 3.84. The molecule has 0 aromatic heterocycles. The Morgan fingerprint density at radius 3 is 2.79 bits per heavy atom. The Bertz CT molecular complexity index is 647. The molecular formula is C21H34N4O3. The second-order valence-corrected chi connectivity index (χ2v) is 7.27. The minimum absolute atomic E-state index is 0.595. The molecule has 0 radical (unpaired) electrons. The number of hydrogen-bond donors (Lipinski definition) is 1. The van der Waals surface area contributed by atoms with E-state index in [1.54, 1.807) is 7.11 Å². The molecular weight excluding hydrogens is 356 g/mol. The Kier molecular flexibility index (Phi) is 7.80. The summed E-state index contributed by atoms with van der Waals surface area (Å²) in [6.07, 6.45) is 2.15. The maximum Gasteiger partial charge on any atom is 0.193 e. The zero-order chi connectivity index (χ0) is 19.8. The van der Waals surface area contributed by atoms with E-state index < -0.39 is 0 Å². The van der Waals surface area contributed by atoms with E-state index >= 15 is 0 Å². The lowest BCUT2D eigenvalue weighted by atomic mass is 10.2. The number of ether oxygens (including phenoxy) is 3. The molecule has 156 valence electrons. The zero-order valence-electron chi connectivity index (χ0n) is 17.4. The van der Waals surface area contributed by atoms with Crippen molar-refractivity contribution in [3.63, 3.8) is 0 Å². The van der Waals surface area contributed by atoms with Crippen molar-refractivity contribution >= 4 is 5.96 Å². The Hall–Kier alpha value is -1.99. The molecule has 0 saturated carbocycles. The normalized spacial score (nSPS) is 21.0. The number of guanidine groups is 1. The lowest BCUT2D eigenvalue weighted by Gasteiger charge is -2.32. The van der Waals surface area contributed by atoms with Crippen LogP contribution in [0.2, 0.25) is 0 Å².